The fourth-order valence-corrected chi connectivity index (χ4v) is 4.87. The number of anilines is 1. The van der Waals surface area contributed by atoms with Gasteiger partial charge >= 0.3 is 0 Å². The van der Waals surface area contributed by atoms with Gasteiger partial charge in [-0.15, -0.1) is 0 Å². The zero-order chi connectivity index (χ0) is 21.2. The van der Waals surface area contributed by atoms with Crippen LogP contribution in [0.25, 0.3) is 0 Å². The van der Waals surface area contributed by atoms with Gasteiger partial charge < -0.3 is 5.32 Å². The lowest BCUT2D eigenvalue weighted by Crippen LogP contribution is -2.35. The molecule has 1 aliphatic carbocycles. The van der Waals surface area contributed by atoms with Crippen LogP contribution >= 0.6 is 0 Å². The zero-order valence-corrected chi connectivity index (χ0v) is 18.4. The maximum absolute atomic E-state index is 12.7. The summed E-state index contributed by atoms with van der Waals surface area (Å²) in [4.78, 5) is 12.9. The number of aryl methyl sites for hydroxylation is 2. The number of rotatable bonds is 8. The van der Waals surface area contributed by atoms with Gasteiger partial charge in [-0.1, -0.05) is 43.7 Å². The largest absolute Gasteiger partial charge is 0.355 e. The maximum atomic E-state index is 12.7. The third-order valence-corrected chi connectivity index (χ3v) is 7.04. The lowest BCUT2D eigenvalue weighted by atomic mass is 9.94. The molecule has 2 aromatic rings. The maximum Gasteiger partial charge on any atom is 0.262 e. The fraction of sp³-hybridized carbons (Fsp3) is 0.435. The topological polar surface area (TPSA) is 75.3 Å². The summed E-state index contributed by atoms with van der Waals surface area (Å²) >= 11 is 0. The van der Waals surface area contributed by atoms with Crippen molar-refractivity contribution in [3.05, 3.63) is 59.2 Å². The monoisotopic (exact) mass is 414 g/mol. The minimum absolute atomic E-state index is 0.0711. The molecule has 2 aromatic carbocycles. The third-order valence-electron chi connectivity index (χ3n) is 5.50. The average Bonchev–Trinajstić information content (AvgIpc) is 3.43. The van der Waals surface area contributed by atoms with E-state index in [-0.39, 0.29) is 10.8 Å². The molecule has 0 aliphatic heterocycles. The van der Waals surface area contributed by atoms with Gasteiger partial charge in [-0.05, 0) is 68.4 Å². The van der Waals surface area contributed by atoms with Crippen LogP contribution in [0.15, 0.2) is 47.4 Å². The van der Waals surface area contributed by atoms with Gasteiger partial charge in [-0.25, -0.2) is 8.42 Å². The predicted molar refractivity (Wildman–Crippen MR) is 117 cm³/mol. The standard InChI is InChI=1S/C23H30N2O3S/c1-16(2)11-14-24-22(26)23(12-13-23)19-6-8-20(9-7-19)25-29(27,28)21-10-5-17(3)15-18(21)4/h5-10,15-16,25H,11-14H2,1-4H3,(H,24,26). The van der Waals surface area contributed by atoms with Crippen molar-refractivity contribution in [2.75, 3.05) is 11.3 Å². The first-order valence-electron chi connectivity index (χ1n) is 10.1. The molecule has 156 valence electrons. The van der Waals surface area contributed by atoms with E-state index in [1.807, 2.05) is 25.1 Å². The highest BCUT2D eigenvalue weighted by Crippen LogP contribution is 2.48. The number of benzene rings is 2. The number of hydrogen-bond acceptors (Lipinski definition) is 3. The van der Waals surface area contributed by atoms with Crippen LogP contribution in [-0.4, -0.2) is 20.9 Å². The van der Waals surface area contributed by atoms with Gasteiger partial charge in [0.1, 0.15) is 0 Å². The molecule has 0 unspecified atom stereocenters. The van der Waals surface area contributed by atoms with Crippen LogP contribution < -0.4 is 10.0 Å². The SMILES string of the molecule is Cc1ccc(S(=O)(=O)Nc2ccc(C3(C(=O)NCCC(C)C)CC3)cc2)c(C)c1. The van der Waals surface area contributed by atoms with Crippen LogP contribution in [0.4, 0.5) is 5.69 Å². The summed E-state index contributed by atoms with van der Waals surface area (Å²) in [6.45, 7) is 8.68. The second-order valence-electron chi connectivity index (χ2n) is 8.47. The highest BCUT2D eigenvalue weighted by atomic mass is 32.2. The minimum atomic E-state index is -3.66. The van der Waals surface area contributed by atoms with E-state index < -0.39 is 15.4 Å². The summed E-state index contributed by atoms with van der Waals surface area (Å²) < 4.78 is 28.1. The normalized spacial score (nSPS) is 15.2. The summed E-state index contributed by atoms with van der Waals surface area (Å²) in [6, 6.07) is 12.5. The molecule has 0 bridgehead atoms. The van der Waals surface area contributed by atoms with Crippen molar-refractivity contribution in [2.45, 2.75) is 57.3 Å². The van der Waals surface area contributed by atoms with Crippen molar-refractivity contribution in [1.82, 2.24) is 5.32 Å². The Morgan fingerprint density at radius 1 is 1.07 bits per heavy atom. The van der Waals surface area contributed by atoms with Gasteiger partial charge in [0.15, 0.2) is 0 Å². The van der Waals surface area contributed by atoms with Gasteiger partial charge in [0.05, 0.1) is 10.3 Å². The molecule has 0 spiro atoms. The van der Waals surface area contributed by atoms with E-state index in [9.17, 15) is 13.2 Å². The summed E-state index contributed by atoms with van der Waals surface area (Å²) in [6.07, 6.45) is 2.61. The van der Waals surface area contributed by atoms with E-state index in [1.54, 1.807) is 31.2 Å². The molecule has 0 radical (unpaired) electrons. The zero-order valence-electron chi connectivity index (χ0n) is 17.6. The lowest BCUT2D eigenvalue weighted by Gasteiger charge is -2.17. The Bertz CT molecular complexity index is 991. The molecular formula is C23H30N2O3S. The van der Waals surface area contributed by atoms with Crippen molar-refractivity contribution in [3.63, 3.8) is 0 Å². The van der Waals surface area contributed by atoms with Crippen molar-refractivity contribution in [1.29, 1.82) is 0 Å². The number of amides is 1. The van der Waals surface area contributed by atoms with E-state index in [0.29, 0.717) is 23.7 Å². The van der Waals surface area contributed by atoms with E-state index in [4.69, 9.17) is 0 Å². The van der Waals surface area contributed by atoms with E-state index in [0.717, 1.165) is 30.4 Å². The van der Waals surface area contributed by atoms with Crippen molar-refractivity contribution >= 4 is 21.6 Å². The smallest absolute Gasteiger partial charge is 0.262 e. The minimum Gasteiger partial charge on any atom is -0.355 e. The van der Waals surface area contributed by atoms with Crippen LogP contribution in [0.5, 0.6) is 0 Å². The molecule has 5 nitrogen and oxygen atoms in total. The number of hydrogen-bond donors (Lipinski definition) is 2. The lowest BCUT2D eigenvalue weighted by molar-refractivity contribution is -0.123. The van der Waals surface area contributed by atoms with Crippen LogP contribution in [-0.2, 0) is 20.2 Å². The Kier molecular flexibility index (Phi) is 6.03. The van der Waals surface area contributed by atoms with Crippen molar-refractivity contribution < 1.29 is 13.2 Å². The third kappa shape index (κ3) is 4.81. The first-order chi connectivity index (χ1) is 13.6. The van der Waals surface area contributed by atoms with Gasteiger partial charge in [0.25, 0.3) is 10.0 Å². The summed E-state index contributed by atoms with van der Waals surface area (Å²) in [5.41, 5.74) is 2.71. The molecule has 6 heteroatoms. The highest BCUT2D eigenvalue weighted by molar-refractivity contribution is 7.92. The number of carbonyl (C=O) groups excluding carboxylic acids is 1. The van der Waals surface area contributed by atoms with Crippen molar-refractivity contribution in [3.8, 4) is 0 Å². The molecule has 29 heavy (non-hydrogen) atoms. The van der Waals surface area contributed by atoms with Crippen molar-refractivity contribution in [2.24, 2.45) is 5.92 Å². The van der Waals surface area contributed by atoms with Gasteiger partial charge in [-0.2, -0.15) is 0 Å². The molecule has 1 amide bonds. The predicted octanol–water partition coefficient (Wildman–Crippen LogP) is 4.30. The molecule has 1 aliphatic rings. The number of carbonyl (C=O) groups is 1. The first kappa shape index (κ1) is 21.4. The van der Waals surface area contributed by atoms with Crippen LogP contribution in [0, 0.1) is 19.8 Å². The Hall–Kier alpha value is -2.34. The molecule has 0 saturated heterocycles. The molecule has 2 N–H and O–H groups in total. The van der Waals surface area contributed by atoms with Crippen LogP contribution in [0.3, 0.4) is 0 Å². The van der Waals surface area contributed by atoms with E-state index >= 15 is 0 Å². The molecule has 1 fully saturated rings. The van der Waals surface area contributed by atoms with Gasteiger partial charge in [0.2, 0.25) is 5.91 Å². The molecule has 0 heterocycles. The highest BCUT2D eigenvalue weighted by Gasteiger charge is 2.51. The molecule has 1 saturated carbocycles. The Morgan fingerprint density at radius 2 is 1.72 bits per heavy atom. The van der Waals surface area contributed by atoms with E-state index in [2.05, 4.69) is 23.9 Å². The Balaban J connectivity index is 1.71. The summed E-state index contributed by atoms with van der Waals surface area (Å²) in [5, 5.41) is 3.05. The quantitative estimate of drug-likeness (QED) is 0.676. The second kappa shape index (κ2) is 8.19. The van der Waals surface area contributed by atoms with Crippen LogP contribution in [0.1, 0.15) is 49.8 Å². The number of nitrogens with one attached hydrogen (secondary N) is 2. The summed E-state index contributed by atoms with van der Waals surface area (Å²) in [7, 11) is -3.66. The molecule has 0 atom stereocenters. The van der Waals surface area contributed by atoms with Gasteiger partial charge in [-0.3, -0.25) is 9.52 Å². The molecule has 3 rings (SSSR count). The first-order valence-corrected chi connectivity index (χ1v) is 11.6. The Labute approximate surface area is 174 Å². The Morgan fingerprint density at radius 3 is 2.28 bits per heavy atom. The number of sulfonamides is 1. The fourth-order valence-electron chi connectivity index (χ4n) is 3.58. The molecule has 0 aromatic heterocycles. The summed E-state index contributed by atoms with van der Waals surface area (Å²) in [5.74, 6) is 0.622. The second-order valence-corrected chi connectivity index (χ2v) is 10.1. The van der Waals surface area contributed by atoms with Crippen LogP contribution in [0.2, 0.25) is 0 Å². The average molecular weight is 415 g/mol. The van der Waals surface area contributed by atoms with Gasteiger partial charge in [0, 0.05) is 12.2 Å². The molecular weight excluding hydrogens is 384 g/mol. The van der Waals surface area contributed by atoms with E-state index in [1.165, 1.54) is 0 Å².